The maximum absolute atomic E-state index is 12.5. The quantitative estimate of drug-likeness (QED) is 0.818. The molecule has 0 atom stereocenters. The Bertz CT molecular complexity index is 369. The number of rotatable bonds is 6. The van der Waals surface area contributed by atoms with Crippen LogP contribution in [-0.2, 0) is 10.0 Å². The van der Waals surface area contributed by atoms with Gasteiger partial charge in [-0.25, -0.2) is 12.7 Å². The van der Waals surface area contributed by atoms with Crippen molar-refractivity contribution in [1.29, 1.82) is 0 Å². The minimum absolute atomic E-state index is 0.394. The number of hydrogen-bond donors (Lipinski definition) is 1. The fourth-order valence-corrected chi connectivity index (χ4v) is 5.40. The fraction of sp³-hybridized carbons (Fsp3) is 1.00. The largest absolute Gasteiger partial charge is 0.317 e. The number of hydrogen-bond acceptors (Lipinski definition) is 3. The van der Waals surface area contributed by atoms with Crippen LogP contribution in [-0.4, -0.2) is 44.7 Å². The van der Waals surface area contributed by atoms with Crippen LogP contribution in [0.25, 0.3) is 0 Å². The highest BCUT2D eigenvalue weighted by Crippen LogP contribution is 2.27. The Labute approximate surface area is 124 Å². The molecule has 0 bridgehead atoms. The highest BCUT2D eigenvalue weighted by atomic mass is 32.2. The van der Waals surface area contributed by atoms with Gasteiger partial charge in [-0.1, -0.05) is 26.2 Å². The third-order valence-electron chi connectivity index (χ3n) is 4.82. The molecule has 1 saturated carbocycles. The third-order valence-corrected chi connectivity index (χ3v) is 6.87. The monoisotopic (exact) mass is 302 g/mol. The van der Waals surface area contributed by atoms with E-state index in [1.54, 1.807) is 4.31 Å². The van der Waals surface area contributed by atoms with Crippen molar-refractivity contribution in [1.82, 2.24) is 9.62 Å². The Morgan fingerprint density at radius 3 is 2.25 bits per heavy atom. The SMILES string of the molecule is CCNCC1CCN(S(=O)(=O)CC2CCCCC2)CC1. The first-order chi connectivity index (χ1) is 9.62. The number of nitrogens with one attached hydrogen (secondary N) is 1. The molecule has 2 rings (SSSR count). The van der Waals surface area contributed by atoms with E-state index in [0.717, 1.165) is 51.9 Å². The zero-order valence-electron chi connectivity index (χ0n) is 12.8. The van der Waals surface area contributed by atoms with E-state index in [4.69, 9.17) is 0 Å². The Balaban J connectivity index is 1.79. The van der Waals surface area contributed by atoms with Crippen LogP contribution in [0.2, 0.25) is 0 Å². The molecule has 4 nitrogen and oxygen atoms in total. The van der Waals surface area contributed by atoms with Crippen LogP contribution in [0.4, 0.5) is 0 Å². The van der Waals surface area contributed by atoms with Crippen LogP contribution >= 0.6 is 0 Å². The summed E-state index contributed by atoms with van der Waals surface area (Å²) < 4.78 is 26.7. The summed E-state index contributed by atoms with van der Waals surface area (Å²) >= 11 is 0. The van der Waals surface area contributed by atoms with E-state index >= 15 is 0 Å². The number of piperidine rings is 1. The van der Waals surface area contributed by atoms with Gasteiger partial charge < -0.3 is 5.32 Å². The van der Waals surface area contributed by atoms with Crippen molar-refractivity contribution < 1.29 is 8.42 Å². The summed E-state index contributed by atoms with van der Waals surface area (Å²) in [6, 6.07) is 0. The molecular formula is C15H30N2O2S. The highest BCUT2D eigenvalue weighted by molar-refractivity contribution is 7.89. The van der Waals surface area contributed by atoms with Crippen molar-refractivity contribution in [3.63, 3.8) is 0 Å². The normalized spacial score (nSPS) is 24.1. The Morgan fingerprint density at radius 2 is 1.65 bits per heavy atom. The molecule has 118 valence electrons. The Morgan fingerprint density at radius 1 is 1.00 bits per heavy atom. The van der Waals surface area contributed by atoms with Crippen LogP contribution in [0.3, 0.4) is 0 Å². The lowest BCUT2D eigenvalue weighted by molar-refractivity contribution is 0.265. The van der Waals surface area contributed by atoms with E-state index in [1.807, 2.05) is 0 Å². The van der Waals surface area contributed by atoms with E-state index in [0.29, 0.717) is 17.6 Å². The second-order valence-corrected chi connectivity index (χ2v) is 8.45. The minimum atomic E-state index is -3.01. The van der Waals surface area contributed by atoms with Gasteiger partial charge >= 0.3 is 0 Å². The van der Waals surface area contributed by atoms with Gasteiger partial charge in [-0.3, -0.25) is 0 Å². The van der Waals surface area contributed by atoms with Gasteiger partial charge in [0.15, 0.2) is 0 Å². The smallest absolute Gasteiger partial charge is 0.214 e. The Hall–Kier alpha value is -0.130. The fourth-order valence-electron chi connectivity index (χ4n) is 3.50. The first-order valence-electron chi connectivity index (χ1n) is 8.30. The second kappa shape index (κ2) is 7.76. The molecule has 1 aliphatic heterocycles. The molecule has 0 unspecified atom stereocenters. The summed E-state index contributed by atoms with van der Waals surface area (Å²) in [5, 5.41) is 3.37. The van der Waals surface area contributed by atoms with Gasteiger partial charge in [-0.05, 0) is 50.6 Å². The van der Waals surface area contributed by atoms with Gasteiger partial charge in [-0.2, -0.15) is 0 Å². The molecule has 1 aliphatic carbocycles. The van der Waals surface area contributed by atoms with Crippen molar-refractivity contribution >= 4 is 10.0 Å². The minimum Gasteiger partial charge on any atom is -0.317 e. The molecule has 0 radical (unpaired) electrons. The summed E-state index contributed by atoms with van der Waals surface area (Å²) in [5.41, 5.74) is 0. The van der Waals surface area contributed by atoms with Gasteiger partial charge in [-0.15, -0.1) is 0 Å². The lowest BCUT2D eigenvalue weighted by Gasteiger charge is -2.33. The summed E-state index contributed by atoms with van der Waals surface area (Å²) in [7, 11) is -3.01. The number of nitrogens with zero attached hydrogens (tertiary/aromatic N) is 1. The lowest BCUT2D eigenvalue weighted by Crippen LogP contribution is -2.42. The maximum atomic E-state index is 12.5. The molecule has 0 aromatic rings. The Kier molecular flexibility index (Phi) is 6.30. The molecule has 0 aromatic carbocycles. The zero-order valence-corrected chi connectivity index (χ0v) is 13.6. The second-order valence-electron chi connectivity index (χ2n) is 6.43. The first-order valence-corrected chi connectivity index (χ1v) is 9.91. The van der Waals surface area contributed by atoms with Crippen LogP contribution < -0.4 is 5.32 Å². The molecular weight excluding hydrogens is 272 g/mol. The maximum Gasteiger partial charge on any atom is 0.214 e. The summed E-state index contributed by atoms with van der Waals surface area (Å²) in [6.45, 7) is 5.60. The van der Waals surface area contributed by atoms with Gasteiger partial charge in [0, 0.05) is 13.1 Å². The number of sulfonamides is 1. The van der Waals surface area contributed by atoms with Crippen LogP contribution in [0, 0.1) is 11.8 Å². The standard InChI is InChI=1S/C15H30N2O2S/c1-2-16-12-14-8-10-17(11-9-14)20(18,19)13-15-6-4-3-5-7-15/h14-16H,2-13H2,1H3. The molecule has 2 aliphatic rings. The molecule has 1 N–H and O–H groups in total. The molecule has 5 heteroatoms. The average Bonchev–Trinajstić information content (AvgIpc) is 2.46. The van der Waals surface area contributed by atoms with E-state index < -0.39 is 10.0 Å². The molecule has 2 fully saturated rings. The molecule has 0 aromatic heterocycles. The predicted molar refractivity (Wildman–Crippen MR) is 83.2 cm³/mol. The summed E-state index contributed by atoms with van der Waals surface area (Å²) in [6.07, 6.45) is 7.95. The third kappa shape index (κ3) is 4.71. The van der Waals surface area contributed by atoms with Gasteiger partial charge in [0.2, 0.25) is 10.0 Å². The van der Waals surface area contributed by atoms with E-state index in [-0.39, 0.29) is 0 Å². The van der Waals surface area contributed by atoms with E-state index in [9.17, 15) is 8.42 Å². The molecule has 1 heterocycles. The van der Waals surface area contributed by atoms with Crippen LogP contribution in [0.15, 0.2) is 0 Å². The van der Waals surface area contributed by atoms with Gasteiger partial charge in [0.1, 0.15) is 0 Å². The molecule has 20 heavy (non-hydrogen) atoms. The topological polar surface area (TPSA) is 49.4 Å². The summed E-state index contributed by atoms with van der Waals surface area (Å²) in [4.78, 5) is 0. The average molecular weight is 302 g/mol. The van der Waals surface area contributed by atoms with Crippen molar-refractivity contribution in [3.8, 4) is 0 Å². The zero-order chi connectivity index (χ0) is 14.4. The van der Waals surface area contributed by atoms with Crippen LogP contribution in [0.1, 0.15) is 51.9 Å². The predicted octanol–water partition coefficient (Wildman–Crippen LogP) is 2.22. The molecule has 1 saturated heterocycles. The highest BCUT2D eigenvalue weighted by Gasteiger charge is 2.30. The molecule has 0 amide bonds. The van der Waals surface area contributed by atoms with Crippen molar-refractivity contribution in [2.75, 3.05) is 31.9 Å². The lowest BCUT2D eigenvalue weighted by atomic mass is 9.91. The van der Waals surface area contributed by atoms with Crippen molar-refractivity contribution in [2.24, 2.45) is 11.8 Å². The van der Waals surface area contributed by atoms with Gasteiger partial charge in [0.25, 0.3) is 0 Å². The molecule has 0 spiro atoms. The first kappa shape index (κ1) is 16.2. The van der Waals surface area contributed by atoms with E-state index in [1.165, 1.54) is 19.3 Å². The van der Waals surface area contributed by atoms with Crippen molar-refractivity contribution in [3.05, 3.63) is 0 Å². The van der Waals surface area contributed by atoms with Crippen molar-refractivity contribution in [2.45, 2.75) is 51.9 Å². The summed E-state index contributed by atoms with van der Waals surface area (Å²) in [5.74, 6) is 1.45. The van der Waals surface area contributed by atoms with Gasteiger partial charge in [0.05, 0.1) is 5.75 Å². The van der Waals surface area contributed by atoms with Crippen LogP contribution in [0.5, 0.6) is 0 Å². The van der Waals surface area contributed by atoms with E-state index in [2.05, 4.69) is 12.2 Å².